The molecule has 0 fully saturated rings. The Hall–Kier alpha value is -3.27. The number of benzene rings is 1. The van der Waals surface area contributed by atoms with Crippen LogP contribution in [-0.4, -0.2) is 35.0 Å². The average Bonchev–Trinajstić information content (AvgIpc) is 3.14. The molecular weight excluding hydrogens is 372 g/mol. The third-order valence-electron chi connectivity index (χ3n) is 4.20. The predicted molar refractivity (Wildman–Crippen MR) is 98.9 cm³/mol. The van der Waals surface area contributed by atoms with Gasteiger partial charge in [-0.15, -0.1) is 0 Å². The molecule has 0 spiro atoms. The quantitative estimate of drug-likeness (QED) is 0.556. The summed E-state index contributed by atoms with van der Waals surface area (Å²) in [5, 5.41) is 4.66. The van der Waals surface area contributed by atoms with Crippen molar-refractivity contribution in [3.8, 4) is 11.3 Å². The van der Waals surface area contributed by atoms with Crippen molar-refractivity contribution in [2.24, 2.45) is 5.73 Å². The Morgan fingerprint density at radius 2 is 2.18 bits per heavy atom. The Bertz CT molecular complexity index is 926. The molecule has 10 heteroatoms. The number of amides is 2. The highest BCUT2D eigenvalue weighted by atomic mass is 19.3. The molecule has 1 aliphatic heterocycles. The summed E-state index contributed by atoms with van der Waals surface area (Å²) in [5.41, 5.74) is 7.27. The number of nitrogens with two attached hydrogens (primary N) is 1. The molecular formula is C18H19F2N5O3. The number of rotatable bonds is 1. The van der Waals surface area contributed by atoms with Crippen molar-refractivity contribution in [2.75, 3.05) is 17.7 Å². The van der Waals surface area contributed by atoms with Crippen LogP contribution in [0.25, 0.3) is 11.3 Å². The van der Waals surface area contributed by atoms with Gasteiger partial charge in [0.2, 0.25) is 0 Å². The van der Waals surface area contributed by atoms with E-state index in [2.05, 4.69) is 25.3 Å². The second-order valence-electron chi connectivity index (χ2n) is 6.24. The molecule has 0 aliphatic carbocycles. The van der Waals surface area contributed by atoms with Crippen molar-refractivity contribution in [2.45, 2.75) is 24.8 Å². The molecule has 8 nitrogen and oxygen atoms in total. The lowest BCUT2D eigenvalue weighted by Gasteiger charge is -2.17. The maximum absolute atomic E-state index is 14.2. The molecule has 5 N–H and O–H groups in total. The van der Waals surface area contributed by atoms with Crippen molar-refractivity contribution in [1.29, 1.82) is 0 Å². The normalized spacial score (nSPS) is 19.9. The fraction of sp³-hybridized carbons (Fsp3) is 0.278. The van der Waals surface area contributed by atoms with Gasteiger partial charge in [-0.05, 0) is 24.6 Å². The molecule has 0 saturated heterocycles. The highest BCUT2D eigenvalue weighted by Gasteiger charge is 2.38. The number of nitrogens with zero attached hydrogens (tertiary/aromatic N) is 1. The number of ether oxygens (including phenoxy) is 1. The number of hydrogen-bond acceptors (Lipinski definition) is 5. The van der Waals surface area contributed by atoms with Gasteiger partial charge in [-0.2, -0.15) is 8.78 Å². The van der Waals surface area contributed by atoms with E-state index >= 15 is 0 Å². The monoisotopic (exact) mass is 391 g/mol. The molecule has 1 aliphatic rings. The van der Waals surface area contributed by atoms with Gasteiger partial charge in [-0.1, -0.05) is 12.2 Å². The number of imidazole rings is 1. The SMILES string of the molecule is COC(=O)Nc1ccc2c(c1)NC(=O)C(F)(F)C/C=C/C[C@H](N)c1ncc-2[nH]1. The van der Waals surface area contributed by atoms with E-state index in [0.29, 0.717) is 23.5 Å². The molecule has 3 rings (SSSR count). The molecule has 0 saturated carbocycles. The number of aromatic nitrogens is 2. The van der Waals surface area contributed by atoms with Crippen LogP contribution in [0.3, 0.4) is 0 Å². The maximum atomic E-state index is 14.2. The van der Waals surface area contributed by atoms with Gasteiger partial charge in [0.05, 0.1) is 30.7 Å². The minimum Gasteiger partial charge on any atom is -0.453 e. The van der Waals surface area contributed by atoms with E-state index in [4.69, 9.17) is 5.73 Å². The van der Waals surface area contributed by atoms with Crippen LogP contribution in [0, 0.1) is 0 Å². The van der Waals surface area contributed by atoms with Crippen LogP contribution < -0.4 is 16.4 Å². The van der Waals surface area contributed by atoms with Crippen molar-refractivity contribution in [3.05, 3.63) is 42.4 Å². The zero-order valence-electron chi connectivity index (χ0n) is 15.0. The third-order valence-corrected chi connectivity index (χ3v) is 4.20. The summed E-state index contributed by atoms with van der Waals surface area (Å²) in [4.78, 5) is 30.9. The van der Waals surface area contributed by atoms with E-state index < -0.39 is 30.4 Å². The Morgan fingerprint density at radius 1 is 1.39 bits per heavy atom. The van der Waals surface area contributed by atoms with Crippen LogP contribution in [0.1, 0.15) is 24.7 Å². The van der Waals surface area contributed by atoms with E-state index in [0.717, 1.165) is 0 Å². The van der Waals surface area contributed by atoms with Crippen LogP contribution in [-0.2, 0) is 9.53 Å². The molecule has 2 heterocycles. The van der Waals surface area contributed by atoms with Crippen LogP contribution in [0.2, 0.25) is 0 Å². The largest absolute Gasteiger partial charge is 0.453 e. The van der Waals surface area contributed by atoms with E-state index in [9.17, 15) is 18.4 Å². The molecule has 2 aromatic rings. The zero-order chi connectivity index (χ0) is 20.3. The first-order chi connectivity index (χ1) is 13.3. The molecule has 1 aromatic heterocycles. The van der Waals surface area contributed by atoms with E-state index in [1.807, 2.05) is 0 Å². The summed E-state index contributed by atoms with van der Waals surface area (Å²) in [6.07, 6.45) is 3.01. The first-order valence-corrected chi connectivity index (χ1v) is 8.44. The number of halogens is 2. The van der Waals surface area contributed by atoms with Crippen LogP contribution in [0.4, 0.5) is 25.0 Å². The van der Waals surface area contributed by atoms with Gasteiger partial charge in [0.15, 0.2) is 0 Å². The van der Waals surface area contributed by atoms with Crippen molar-refractivity contribution in [3.63, 3.8) is 0 Å². The second kappa shape index (κ2) is 7.77. The first-order valence-electron chi connectivity index (χ1n) is 8.44. The fourth-order valence-corrected chi connectivity index (χ4v) is 2.68. The number of H-pyrrole nitrogens is 1. The number of alkyl halides is 2. The summed E-state index contributed by atoms with van der Waals surface area (Å²) in [7, 11) is 1.19. The molecule has 2 bridgehead atoms. The van der Waals surface area contributed by atoms with E-state index in [-0.39, 0.29) is 11.4 Å². The lowest BCUT2D eigenvalue weighted by atomic mass is 10.1. The summed E-state index contributed by atoms with van der Waals surface area (Å²) < 4.78 is 32.9. The lowest BCUT2D eigenvalue weighted by molar-refractivity contribution is -0.139. The lowest BCUT2D eigenvalue weighted by Crippen LogP contribution is -2.34. The van der Waals surface area contributed by atoms with Crippen LogP contribution in [0.5, 0.6) is 0 Å². The predicted octanol–water partition coefficient (Wildman–Crippen LogP) is 3.18. The molecule has 2 amide bonds. The topological polar surface area (TPSA) is 122 Å². The number of nitrogens with one attached hydrogen (secondary N) is 3. The number of methoxy groups -OCH3 is 1. The van der Waals surface area contributed by atoms with Crippen molar-refractivity contribution >= 4 is 23.4 Å². The Balaban J connectivity index is 2.07. The number of aromatic amines is 1. The number of carbonyl (C=O) groups excluding carboxylic acids is 2. The molecule has 0 unspecified atom stereocenters. The average molecular weight is 391 g/mol. The summed E-state index contributed by atoms with van der Waals surface area (Å²) in [5.74, 6) is -4.59. The maximum Gasteiger partial charge on any atom is 0.411 e. The van der Waals surface area contributed by atoms with Crippen LogP contribution >= 0.6 is 0 Å². The van der Waals surface area contributed by atoms with E-state index in [1.54, 1.807) is 12.1 Å². The number of carbonyl (C=O) groups is 2. The smallest absolute Gasteiger partial charge is 0.411 e. The number of fused-ring (bicyclic) bond motifs is 4. The van der Waals surface area contributed by atoms with Gasteiger partial charge in [0.1, 0.15) is 5.82 Å². The van der Waals surface area contributed by atoms with Gasteiger partial charge in [-0.25, -0.2) is 9.78 Å². The highest BCUT2D eigenvalue weighted by Crippen LogP contribution is 2.32. The van der Waals surface area contributed by atoms with Gasteiger partial charge >= 0.3 is 12.0 Å². The summed E-state index contributed by atoms with van der Waals surface area (Å²) >= 11 is 0. The summed E-state index contributed by atoms with van der Waals surface area (Å²) in [6.45, 7) is 0. The molecule has 148 valence electrons. The van der Waals surface area contributed by atoms with E-state index in [1.165, 1.54) is 31.5 Å². The zero-order valence-corrected chi connectivity index (χ0v) is 15.0. The third kappa shape index (κ3) is 4.17. The molecule has 0 radical (unpaired) electrons. The standard InChI is InChI=1S/C18H19F2N5O3/c1-28-17(27)23-10-5-6-11-13(8-10)25-16(26)18(19,20)7-3-2-4-12(21)15-22-9-14(11)24-15/h2-3,5-6,8-9,12H,4,7,21H2,1H3,(H,22,24)(H,23,27)(H,25,26)/b3-2+/t12-/m0/s1. The Morgan fingerprint density at radius 3 is 2.93 bits per heavy atom. The minimum absolute atomic E-state index is 0.0746. The van der Waals surface area contributed by atoms with Gasteiger partial charge in [0, 0.05) is 17.7 Å². The van der Waals surface area contributed by atoms with Gasteiger partial charge < -0.3 is 20.8 Å². The Kier molecular flexibility index (Phi) is 5.41. The van der Waals surface area contributed by atoms with Gasteiger partial charge in [-0.3, -0.25) is 10.1 Å². The minimum atomic E-state index is -3.62. The Labute approximate surface area is 159 Å². The second-order valence-corrected chi connectivity index (χ2v) is 6.24. The number of hydrogen-bond donors (Lipinski definition) is 4. The highest BCUT2D eigenvalue weighted by molar-refractivity contribution is 6.00. The van der Waals surface area contributed by atoms with Gasteiger partial charge in [0.25, 0.3) is 5.91 Å². The van der Waals surface area contributed by atoms with Crippen molar-refractivity contribution < 1.29 is 23.1 Å². The fourth-order valence-electron chi connectivity index (χ4n) is 2.68. The molecule has 28 heavy (non-hydrogen) atoms. The van der Waals surface area contributed by atoms with Crippen LogP contribution in [0.15, 0.2) is 36.5 Å². The van der Waals surface area contributed by atoms with Crippen molar-refractivity contribution in [1.82, 2.24) is 9.97 Å². The summed E-state index contributed by atoms with van der Waals surface area (Å²) in [6, 6.07) is 3.95. The number of anilines is 2. The number of allylic oxidation sites excluding steroid dienone is 1. The first kappa shape index (κ1) is 19.5. The molecule has 1 aromatic carbocycles. The molecule has 1 atom stereocenters.